The number of amides is 1. The summed E-state index contributed by atoms with van der Waals surface area (Å²) >= 11 is 6.60. The van der Waals surface area contributed by atoms with Crippen molar-refractivity contribution in [3.8, 4) is 0 Å². The van der Waals surface area contributed by atoms with Gasteiger partial charge in [-0.25, -0.2) is 0 Å². The molecule has 6 heteroatoms. The molecule has 2 rings (SSSR count). The summed E-state index contributed by atoms with van der Waals surface area (Å²) in [6.07, 6.45) is 0. The third-order valence-corrected chi connectivity index (χ3v) is 3.92. The monoisotopic (exact) mass is 331 g/mol. The zero-order chi connectivity index (χ0) is 15.8. The van der Waals surface area contributed by atoms with E-state index in [1.807, 2.05) is 61.5 Å². The van der Waals surface area contributed by atoms with Gasteiger partial charge in [-0.05, 0) is 49.0 Å². The minimum Gasteiger partial charge on any atom is -0.331 e. The summed E-state index contributed by atoms with van der Waals surface area (Å²) in [7, 11) is 0. The van der Waals surface area contributed by atoms with Crippen LogP contribution in [0.25, 0.3) is 0 Å². The van der Waals surface area contributed by atoms with Gasteiger partial charge in [0.2, 0.25) is 5.91 Å². The number of hydrazine groups is 1. The Morgan fingerprint density at radius 3 is 2.59 bits per heavy atom. The number of anilines is 1. The van der Waals surface area contributed by atoms with Crippen molar-refractivity contribution in [1.29, 1.82) is 0 Å². The van der Waals surface area contributed by atoms with Gasteiger partial charge in [-0.3, -0.25) is 15.6 Å². The number of thiocarbonyl (C=S) groups is 1. The average Bonchev–Trinajstić information content (AvgIpc) is 2.52. The Morgan fingerprint density at radius 2 is 1.86 bits per heavy atom. The van der Waals surface area contributed by atoms with Gasteiger partial charge in [-0.2, -0.15) is 0 Å². The molecular formula is C16H17N3OS2. The number of carbonyl (C=O) groups excluding carboxylic acids is 1. The first-order valence-corrected chi connectivity index (χ1v) is 8.13. The summed E-state index contributed by atoms with van der Waals surface area (Å²) in [4.78, 5) is 12.8. The molecule has 0 radical (unpaired) electrons. The molecule has 22 heavy (non-hydrogen) atoms. The van der Waals surface area contributed by atoms with Crippen LogP contribution in [0.4, 0.5) is 5.69 Å². The van der Waals surface area contributed by atoms with E-state index in [0.29, 0.717) is 10.9 Å². The lowest BCUT2D eigenvalue weighted by molar-refractivity contribution is -0.119. The van der Waals surface area contributed by atoms with Crippen LogP contribution < -0.4 is 16.2 Å². The Labute approximate surface area is 139 Å². The molecule has 1 amide bonds. The molecule has 0 heterocycles. The number of carbonyl (C=O) groups is 1. The molecule has 0 aliphatic heterocycles. The lowest BCUT2D eigenvalue weighted by atomic mass is 10.2. The molecule has 0 bridgehead atoms. The number of aryl methyl sites for hydroxylation is 1. The smallest absolute Gasteiger partial charge is 0.248 e. The second-order valence-corrected chi connectivity index (χ2v) is 6.06. The van der Waals surface area contributed by atoms with Crippen LogP contribution in [0.3, 0.4) is 0 Å². The summed E-state index contributed by atoms with van der Waals surface area (Å²) in [5, 5.41) is 3.36. The van der Waals surface area contributed by atoms with Crippen LogP contribution in [0.15, 0.2) is 59.5 Å². The number of nitrogens with one attached hydrogen (secondary N) is 3. The first kappa shape index (κ1) is 16.3. The van der Waals surface area contributed by atoms with E-state index in [9.17, 15) is 4.79 Å². The SMILES string of the molecule is Cc1cccc(NC(=S)NNC(=O)CSc2ccccc2)c1. The number of rotatable bonds is 4. The van der Waals surface area contributed by atoms with E-state index in [-0.39, 0.29) is 5.91 Å². The molecule has 0 aliphatic rings. The van der Waals surface area contributed by atoms with Crippen molar-refractivity contribution in [3.63, 3.8) is 0 Å². The topological polar surface area (TPSA) is 53.2 Å². The third kappa shape index (κ3) is 5.75. The minimum atomic E-state index is -0.137. The molecular weight excluding hydrogens is 314 g/mol. The van der Waals surface area contributed by atoms with E-state index >= 15 is 0 Å². The van der Waals surface area contributed by atoms with E-state index in [0.717, 1.165) is 16.1 Å². The fourth-order valence-corrected chi connectivity index (χ4v) is 2.60. The lowest BCUT2D eigenvalue weighted by Crippen LogP contribution is -2.44. The molecule has 4 nitrogen and oxygen atoms in total. The summed E-state index contributed by atoms with van der Waals surface area (Å²) < 4.78 is 0. The van der Waals surface area contributed by atoms with Gasteiger partial charge in [-0.15, -0.1) is 11.8 Å². The van der Waals surface area contributed by atoms with Gasteiger partial charge in [0.1, 0.15) is 0 Å². The maximum absolute atomic E-state index is 11.7. The van der Waals surface area contributed by atoms with Crippen LogP contribution >= 0.6 is 24.0 Å². The minimum absolute atomic E-state index is 0.137. The van der Waals surface area contributed by atoms with Crippen molar-refractivity contribution in [2.24, 2.45) is 0 Å². The molecule has 0 saturated heterocycles. The Kier molecular flexibility index (Phi) is 6.24. The van der Waals surface area contributed by atoms with Gasteiger partial charge in [0.15, 0.2) is 5.11 Å². The highest BCUT2D eigenvalue weighted by atomic mass is 32.2. The standard InChI is InChI=1S/C16H17N3OS2/c1-12-6-5-7-13(10-12)17-16(21)19-18-15(20)11-22-14-8-3-2-4-9-14/h2-10H,11H2,1H3,(H,18,20)(H2,17,19,21). The fourth-order valence-electron chi connectivity index (χ4n) is 1.71. The van der Waals surface area contributed by atoms with Crippen LogP contribution in [0.5, 0.6) is 0 Å². The summed E-state index contributed by atoms with van der Waals surface area (Å²) in [5.74, 6) is 0.187. The van der Waals surface area contributed by atoms with Gasteiger partial charge in [0.25, 0.3) is 0 Å². The van der Waals surface area contributed by atoms with Crippen molar-refractivity contribution in [2.45, 2.75) is 11.8 Å². The molecule has 0 saturated carbocycles. The van der Waals surface area contributed by atoms with Crippen LogP contribution in [0.1, 0.15) is 5.56 Å². The van der Waals surface area contributed by atoms with Gasteiger partial charge >= 0.3 is 0 Å². The predicted molar refractivity (Wildman–Crippen MR) is 95.8 cm³/mol. The number of hydrogen-bond donors (Lipinski definition) is 3. The second-order valence-electron chi connectivity index (χ2n) is 4.60. The van der Waals surface area contributed by atoms with Crippen LogP contribution in [0.2, 0.25) is 0 Å². The number of benzene rings is 2. The zero-order valence-electron chi connectivity index (χ0n) is 12.1. The number of hydrogen-bond acceptors (Lipinski definition) is 3. The molecule has 0 atom stereocenters. The van der Waals surface area contributed by atoms with Gasteiger partial charge in [-0.1, -0.05) is 30.3 Å². The highest BCUT2D eigenvalue weighted by Gasteiger charge is 2.03. The predicted octanol–water partition coefficient (Wildman–Crippen LogP) is 3.10. The highest BCUT2D eigenvalue weighted by molar-refractivity contribution is 8.00. The molecule has 0 fully saturated rings. The van der Waals surface area contributed by atoms with Crippen molar-refractivity contribution in [1.82, 2.24) is 10.9 Å². The van der Waals surface area contributed by atoms with Crippen LogP contribution in [-0.2, 0) is 4.79 Å². The first-order chi connectivity index (χ1) is 10.6. The summed E-state index contributed by atoms with van der Waals surface area (Å²) in [5.41, 5.74) is 7.28. The summed E-state index contributed by atoms with van der Waals surface area (Å²) in [6, 6.07) is 17.6. The quantitative estimate of drug-likeness (QED) is 0.457. The van der Waals surface area contributed by atoms with Gasteiger partial charge in [0, 0.05) is 10.6 Å². The summed E-state index contributed by atoms with van der Waals surface area (Å²) in [6.45, 7) is 2.00. The molecule has 0 aromatic heterocycles. The fraction of sp³-hybridized carbons (Fsp3) is 0.125. The number of thioether (sulfide) groups is 1. The molecule has 3 N–H and O–H groups in total. The van der Waals surface area contributed by atoms with E-state index in [2.05, 4.69) is 16.2 Å². The largest absolute Gasteiger partial charge is 0.331 e. The van der Waals surface area contributed by atoms with Crippen LogP contribution in [-0.4, -0.2) is 16.8 Å². The normalized spacial score (nSPS) is 9.86. The lowest BCUT2D eigenvalue weighted by Gasteiger charge is -2.11. The molecule has 2 aromatic rings. The van der Waals surface area contributed by atoms with Crippen molar-refractivity contribution in [3.05, 3.63) is 60.2 Å². The average molecular weight is 331 g/mol. The Balaban J connectivity index is 1.70. The zero-order valence-corrected chi connectivity index (χ0v) is 13.8. The van der Waals surface area contributed by atoms with Gasteiger partial charge < -0.3 is 5.32 Å². The molecule has 0 aliphatic carbocycles. The molecule has 0 spiro atoms. The maximum atomic E-state index is 11.7. The first-order valence-electron chi connectivity index (χ1n) is 6.74. The van der Waals surface area contributed by atoms with Crippen molar-refractivity contribution < 1.29 is 4.79 Å². The Bertz CT molecular complexity index is 647. The maximum Gasteiger partial charge on any atom is 0.248 e. The van der Waals surface area contributed by atoms with E-state index < -0.39 is 0 Å². The van der Waals surface area contributed by atoms with Gasteiger partial charge in [0.05, 0.1) is 5.75 Å². The second kappa shape index (κ2) is 8.41. The van der Waals surface area contributed by atoms with E-state index in [1.165, 1.54) is 11.8 Å². The van der Waals surface area contributed by atoms with E-state index in [4.69, 9.17) is 12.2 Å². The Hall–Kier alpha value is -2.05. The third-order valence-electron chi connectivity index (χ3n) is 2.70. The van der Waals surface area contributed by atoms with Crippen LogP contribution in [0, 0.1) is 6.92 Å². The Morgan fingerprint density at radius 1 is 1.09 bits per heavy atom. The van der Waals surface area contributed by atoms with Crippen molar-refractivity contribution in [2.75, 3.05) is 11.1 Å². The molecule has 2 aromatic carbocycles. The highest BCUT2D eigenvalue weighted by Crippen LogP contribution is 2.16. The van der Waals surface area contributed by atoms with E-state index in [1.54, 1.807) is 0 Å². The van der Waals surface area contributed by atoms with Crippen molar-refractivity contribution >= 4 is 40.7 Å². The molecule has 0 unspecified atom stereocenters. The molecule has 114 valence electrons.